The molecule has 2 N–H and O–H groups in total. The summed E-state index contributed by atoms with van der Waals surface area (Å²) in [5, 5.41) is 5.08. The molecule has 1 aromatic rings. The largest absolute Gasteiger partial charge is 0.313 e. The topological polar surface area (TPSA) is 58.2 Å². The van der Waals surface area contributed by atoms with Crippen molar-refractivity contribution in [1.82, 2.24) is 10.0 Å². The molecule has 0 amide bonds. The van der Waals surface area contributed by atoms with Gasteiger partial charge in [-0.3, -0.25) is 0 Å². The molecule has 1 aromatic heterocycles. The SMILES string of the molecule is CCNCc1csc(S(=O)(=O)NCC(C)C(C)(C)C)c1. The number of nitrogens with one attached hydrogen (secondary N) is 2. The van der Waals surface area contributed by atoms with Crippen molar-refractivity contribution in [2.24, 2.45) is 11.3 Å². The van der Waals surface area contributed by atoms with E-state index < -0.39 is 10.0 Å². The average Bonchev–Trinajstić information content (AvgIpc) is 2.81. The summed E-state index contributed by atoms with van der Waals surface area (Å²) in [5.74, 6) is 0.276. The minimum atomic E-state index is -3.38. The Labute approximate surface area is 127 Å². The highest BCUT2D eigenvalue weighted by atomic mass is 32.2. The van der Waals surface area contributed by atoms with E-state index in [9.17, 15) is 8.42 Å². The van der Waals surface area contributed by atoms with Crippen molar-refractivity contribution < 1.29 is 8.42 Å². The van der Waals surface area contributed by atoms with Crippen LogP contribution in [0.25, 0.3) is 0 Å². The summed E-state index contributed by atoms with van der Waals surface area (Å²) in [5.41, 5.74) is 1.11. The predicted octanol–water partition coefficient (Wildman–Crippen LogP) is 2.82. The van der Waals surface area contributed by atoms with Gasteiger partial charge in [-0.05, 0) is 34.9 Å². The Bertz CT molecular complexity index is 516. The molecule has 1 rings (SSSR count). The van der Waals surface area contributed by atoms with E-state index >= 15 is 0 Å². The summed E-state index contributed by atoms with van der Waals surface area (Å²) >= 11 is 1.28. The van der Waals surface area contributed by atoms with Crippen LogP contribution in [0.4, 0.5) is 0 Å². The van der Waals surface area contributed by atoms with Crippen LogP contribution in [0, 0.1) is 11.3 Å². The molecular weight excluding hydrogens is 292 g/mol. The van der Waals surface area contributed by atoms with Crippen LogP contribution in [0.15, 0.2) is 15.7 Å². The molecule has 0 radical (unpaired) electrons. The first-order valence-electron chi connectivity index (χ1n) is 6.94. The fourth-order valence-electron chi connectivity index (χ4n) is 1.47. The van der Waals surface area contributed by atoms with E-state index in [0.29, 0.717) is 17.3 Å². The molecule has 0 aliphatic carbocycles. The van der Waals surface area contributed by atoms with E-state index in [4.69, 9.17) is 0 Å². The standard InChI is InChI=1S/C14H26N2O2S2/c1-6-15-9-12-7-13(19-10-12)20(17,18)16-8-11(2)14(3,4)5/h7,10-11,15-16H,6,8-9H2,1-5H3. The molecule has 0 aliphatic rings. The van der Waals surface area contributed by atoms with Crippen LogP contribution in [-0.2, 0) is 16.6 Å². The molecule has 1 heterocycles. The fourth-order valence-corrected chi connectivity index (χ4v) is 3.85. The quantitative estimate of drug-likeness (QED) is 0.813. The van der Waals surface area contributed by atoms with Gasteiger partial charge in [0, 0.05) is 13.1 Å². The van der Waals surface area contributed by atoms with E-state index in [1.165, 1.54) is 11.3 Å². The van der Waals surface area contributed by atoms with E-state index in [0.717, 1.165) is 12.1 Å². The van der Waals surface area contributed by atoms with Crippen molar-refractivity contribution in [2.45, 2.75) is 45.4 Å². The van der Waals surface area contributed by atoms with Crippen LogP contribution < -0.4 is 10.0 Å². The molecule has 1 atom stereocenters. The Kier molecular flexibility index (Phi) is 6.19. The van der Waals surface area contributed by atoms with Crippen molar-refractivity contribution in [3.63, 3.8) is 0 Å². The van der Waals surface area contributed by atoms with Crippen LogP contribution in [0.2, 0.25) is 0 Å². The van der Waals surface area contributed by atoms with Gasteiger partial charge >= 0.3 is 0 Å². The molecule has 0 saturated carbocycles. The van der Waals surface area contributed by atoms with Crippen LogP contribution in [-0.4, -0.2) is 21.5 Å². The van der Waals surface area contributed by atoms with Crippen molar-refractivity contribution >= 4 is 21.4 Å². The highest BCUT2D eigenvalue weighted by Gasteiger charge is 2.23. The van der Waals surface area contributed by atoms with Gasteiger partial charge < -0.3 is 5.32 Å². The van der Waals surface area contributed by atoms with Crippen LogP contribution in [0.3, 0.4) is 0 Å². The van der Waals surface area contributed by atoms with Gasteiger partial charge in [0.05, 0.1) is 0 Å². The van der Waals surface area contributed by atoms with Crippen molar-refractivity contribution in [1.29, 1.82) is 0 Å². The van der Waals surface area contributed by atoms with Gasteiger partial charge in [0.25, 0.3) is 0 Å². The minimum absolute atomic E-state index is 0.0914. The maximum absolute atomic E-state index is 12.2. The van der Waals surface area contributed by atoms with Gasteiger partial charge in [0.1, 0.15) is 4.21 Å². The lowest BCUT2D eigenvalue weighted by atomic mass is 9.82. The van der Waals surface area contributed by atoms with Gasteiger partial charge in [-0.15, -0.1) is 11.3 Å². The zero-order valence-corrected chi connectivity index (χ0v) is 14.6. The molecule has 6 heteroatoms. The Morgan fingerprint density at radius 3 is 2.55 bits per heavy atom. The molecular formula is C14H26N2O2S2. The molecule has 0 fully saturated rings. The first-order chi connectivity index (χ1) is 9.16. The zero-order chi connectivity index (χ0) is 15.4. The molecule has 0 aliphatic heterocycles. The Hall–Kier alpha value is -0.430. The third-order valence-electron chi connectivity index (χ3n) is 3.53. The third-order valence-corrected chi connectivity index (χ3v) is 6.44. The van der Waals surface area contributed by atoms with Crippen LogP contribution >= 0.6 is 11.3 Å². The summed E-state index contributed by atoms with van der Waals surface area (Å²) in [6.07, 6.45) is 0. The van der Waals surface area contributed by atoms with E-state index in [1.807, 2.05) is 12.3 Å². The maximum atomic E-state index is 12.2. The normalized spacial score (nSPS) is 14.4. The molecule has 116 valence electrons. The molecule has 0 bridgehead atoms. The van der Waals surface area contributed by atoms with Gasteiger partial charge in [0.2, 0.25) is 10.0 Å². The number of hydrogen-bond acceptors (Lipinski definition) is 4. The zero-order valence-electron chi connectivity index (χ0n) is 13.0. The van der Waals surface area contributed by atoms with Gasteiger partial charge in [-0.25, -0.2) is 13.1 Å². The van der Waals surface area contributed by atoms with E-state index in [1.54, 1.807) is 6.07 Å². The first-order valence-corrected chi connectivity index (χ1v) is 9.31. The van der Waals surface area contributed by atoms with Crippen LogP contribution in [0.1, 0.15) is 40.2 Å². The second kappa shape index (κ2) is 7.02. The van der Waals surface area contributed by atoms with Gasteiger partial charge in [-0.1, -0.05) is 34.6 Å². The number of sulfonamides is 1. The number of hydrogen-bond donors (Lipinski definition) is 2. The second-order valence-electron chi connectivity index (χ2n) is 6.17. The molecule has 0 aromatic carbocycles. The van der Waals surface area contributed by atoms with Crippen molar-refractivity contribution in [3.8, 4) is 0 Å². The summed E-state index contributed by atoms with van der Waals surface area (Å²) < 4.78 is 27.6. The molecule has 1 unspecified atom stereocenters. The molecule has 20 heavy (non-hydrogen) atoms. The summed E-state index contributed by atoms with van der Waals surface area (Å²) in [7, 11) is -3.38. The lowest BCUT2D eigenvalue weighted by Gasteiger charge is -2.27. The minimum Gasteiger partial charge on any atom is -0.313 e. The summed E-state index contributed by atoms with van der Waals surface area (Å²) in [6.45, 7) is 12.5. The van der Waals surface area contributed by atoms with Gasteiger partial charge in [-0.2, -0.15) is 0 Å². The molecule has 0 spiro atoms. The third kappa shape index (κ3) is 5.16. The van der Waals surface area contributed by atoms with Crippen LogP contribution in [0.5, 0.6) is 0 Å². The summed E-state index contributed by atoms with van der Waals surface area (Å²) in [4.78, 5) is 0. The first kappa shape index (κ1) is 17.6. The Morgan fingerprint density at radius 2 is 2.00 bits per heavy atom. The lowest BCUT2D eigenvalue weighted by molar-refractivity contribution is 0.263. The monoisotopic (exact) mass is 318 g/mol. The molecule has 4 nitrogen and oxygen atoms in total. The highest BCUT2D eigenvalue weighted by molar-refractivity contribution is 7.91. The molecule has 0 saturated heterocycles. The highest BCUT2D eigenvalue weighted by Crippen LogP contribution is 2.25. The van der Waals surface area contributed by atoms with E-state index in [2.05, 4.69) is 37.7 Å². The Morgan fingerprint density at radius 1 is 1.35 bits per heavy atom. The smallest absolute Gasteiger partial charge is 0.250 e. The predicted molar refractivity (Wildman–Crippen MR) is 85.5 cm³/mol. The van der Waals surface area contributed by atoms with E-state index in [-0.39, 0.29) is 11.3 Å². The summed E-state index contributed by atoms with van der Waals surface area (Å²) in [6, 6.07) is 1.75. The second-order valence-corrected chi connectivity index (χ2v) is 9.08. The lowest BCUT2D eigenvalue weighted by Crippen LogP contribution is -2.33. The maximum Gasteiger partial charge on any atom is 0.250 e. The number of rotatable bonds is 7. The Balaban J connectivity index is 2.67. The fraction of sp³-hybridized carbons (Fsp3) is 0.714. The number of thiophene rings is 1. The van der Waals surface area contributed by atoms with Crippen molar-refractivity contribution in [3.05, 3.63) is 17.0 Å². The van der Waals surface area contributed by atoms with Crippen molar-refractivity contribution in [2.75, 3.05) is 13.1 Å². The van der Waals surface area contributed by atoms with Gasteiger partial charge in [0.15, 0.2) is 0 Å². The average molecular weight is 319 g/mol.